The van der Waals surface area contributed by atoms with Crippen molar-refractivity contribution in [2.45, 2.75) is 25.9 Å². The van der Waals surface area contributed by atoms with Crippen molar-refractivity contribution in [1.29, 1.82) is 0 Å². The smallest absolute Gasteiger partial charge is 0.404 e. The number of ether oxygens (including phenoxy) is 2. The lowest BCUT2D eigenvalue weighted by Crippen LogP contribution is -2.26. The molecule has 5 N–H and O–H groups in total. The Labute approximate surface area is 155 Å². The fourth-order valence-corrected chi connectivity index (χ4v) is 2.80. The van der Waals surface area contributed by atoms with Crippen molar-refractivity contribution in [3.63, 3.8) is 0 Å². The molecule has 142 valence electrons. The number of amides is 1. The lowest BCUT2D eigenvalue weighted by molar-refractivity contribution is 0.0848. The second kappa shape index (κ2) is 7.94. The minimum absolute atomic E-state index is 0.0279. The van der Waals surface area contributed by atoms with Gasteiger partial charge in [0.05, 0.1) is 5.52 Å². The maximum absolute atomic E-state index is 13.8. The third-order valence-electron chi connectivity index (χ3n) is 4.23. The van der Waals surface area contributed by atoms with Crippen LogP contribution in [0.2, 0.25) is 0 Å². The first-order valence-corrected chi connectivity index (χ1v) is 8.56. The predicted molar refractivity (Wildman–Crippen MR) is 100.0 cm³/mol. The Morgan fingerprint density at radius 1 is 1.30 bits per heavy atom. The minimum Gasteiger partial charge on any atom is -0.487 e. The van der Waals surface area contributed by atoms with Crippen molar-refractivity contribution in [3.8, 4) is 5.75 Å². The molecule has 0 aliphatic heterocycles. The van der Waals surface area contributed by atoms with Crippen LogP contribution in [0.3, 0.4) is 0 Å². The number of hydrogen-bond acceptors (Lipinski definition) is 5. The van der Waals surface area contributed by atoms with Crippen LogP contribution in [0, 0.1) is 5.82 Å². The van der Waals surface area contributed by atoms with E-state index >= 15 is 0 Å². The molecule has 7 nitrogen and oxygen atoms in total. The summed E-state index contributed by atoms with van der Waals surface area (Å²) >= 11 is 0. The number of carbonyl (C=O) groups is 1. The number of carbonyl (C=O) groups excluding carboxylic acids is 1. The Kier molecular flexibility index (Phi) is 5.44. The number of H-pyrrole nitrogens is 1. The number of benzene rings is 2. The van der Waals surface area contributed by atoms with Crippen LogP contribution in [-0.2, 0) is 11.2 Å². The molecule has 0 fully saturated rings. The number of aromatic nitrogens is 2. The largest absolute Gasteiger partial charge is 0.487 e. The average molecular weight is 372 g/mol. The second-order valence-electron chi connectivity index (χ2n) is 6.20. The molecule has 1 atom stereocenters. The number of halogens is 1. The number of anilines is 1. The quantitative estimate of drug-likeness (QED) is 0.589. The summed E-state index contributed by atoms with van der Waals surface area (Å²) in [7, 11) is 0. The molecule has 1 aromatic heterocycles. The number of nitrogens with two attached hydrogens (primary N) is 2. The molecule has 0 saturated heterocycles. The lowest BCUT2D eigenvalue weighted by atomic mass is 10.0. The molecule has 0 saturated carbocycles. The van der Waals surface area contributed by atoms with Crippen molar-refractivity contribution < 1.29 is 18.7 Å². The van der Waals surface area contributed by atoms with E-state index in [1.54, 1.807) is 6.07 Å². The highest BCUT2D eigenvalue weighted by atomic mass is 19.1. The molecule has 0 bridgehead atoms. The van der Waals surface area contributed by atoms with Gasteiger partial charge in [-0.15, -0.1) is 0 Å². The topological polar surface area (TPSA) is 116 Å². The van der Waals surface area contributed by atoms with Crippen molar-refractivity contribution in [3.05, 3.63) is 53.3 Å². The standard InChI is InChI=1S/C19H21FN4O3/c1-2-14(10-26-19(22)25)27-17-6-4-13(20)9-12(17)7-11-3-5-16-15(8-11)18(21)24-23-16/h3-6,8-9,14H,2,7,10H2,1H3,(H2,22,25)(H3,21,23,24). The third-order valence-corrected chi connectivity index (χ3v) is 4.23. The molecular formula is C19H21FN4O3. The molecule has 0 aliphatic rings. The number of primary amides is 1. The normalized spacial score (nSPS) is 12.1. The van der Waals surface area contributed by atoms with Gasteiger partial charge in [-0.25, -0.2) is 9.18 Å². The van der Waals surface area contributed by atoms with Crippen molar-refractivity contribution in [1.82, 2.24) is 10.2 Å². The molecule has 8 heteroatoms. The van der Waals surface area contributed by atoms with Crippen molar-refractivity contribution in [2.75, 3.05) is 12.3 Å². The molecule has 3 rings (SSSR count). The zero-order valence-electron chi connectivity index (χ0n) is 14.9. The van der Waals surface area contributed by atoms with E-state index in [0.717, 1.165) is 16.5 Å². The summed E-state index contributed by atoms with van der Waals surface area (Å²) in [5.74, 6) is 0.580. The van der Waals surface area contributed by atoms with Gasteiger partial charge in [-0.1, -0.05) is 13.0 Å². The van der Waals surface area contributed by atoms with Gasteiger partial charge in [0.25, 0.3) is 0 Å². The first-order chi connectivity index (χ1) is 13.0. The van der Waals surface area contributed by atoms with Gasteiger partial charge in [-0.3, -0.25) is 5.10 Å². The number of nitrogens with one attached hydrogen (secondary N) is 1. The summed E-state index contributed by atoms with van der Waals surface area (Å²) in [6, 6.07) is 10.0. The molecule has 3 aromatic rings. The fourth-order valence-electron chi connectivity index (χ4n) is 2.80. The van der Waals surface area contributed by atoms with Crippen molar-refractivity contribution >= 4 is 22.8 Å². The monoisotopic (exact) mass is 372 g/mol. The Balaban J connectivity index is 1.84. The first kappa shape index (κ1) is 18.5. The van der Waals surface area contributed by atoms with Crippen LogP contribution in [0.5, 0.6) is 5.75 Å². The summed E-state index contributed by atoms with van der Waals surface area (Å²) in [5, 5.41) is 7.63. The van der Waals surface area contributed by atoms with Gasteiger partial charge in [0.1, 0.15) is 24.3 Å². The Bertz CT molecular complexity index is 957. The van der Waals surface area contributed by atoms with E-state index in [1.165, 1.54) is 12.1 Å². The van der Waals surface area contributed by atoms with Crippen LogP contribution in [-0.4, -0.2) is 29.0 Å². The maximum Gasteiger partial charge on any atom is 0.404 e. The van der Waals surface area contributed by atoms with Gasteiger partial charge < -0.3 is 20.9 Å². The minimum atomic E-state index is -0.859. The first-order valence-electron chi connectivity index (χ1n) is 8.56. The summed E-state index contributed by atoms with van der Waals surface area (Å²) in [6.07, 6.45) is -0.196. The van der Waals surface area contributed by atoms with E-state index < -0.39 is 6.09 Å². The average Bonchev–Trinajstić information content (AvgIpc) is 3.01. The molecule has 0 radical (unpaired) electrons. The zero-order valence-corrected chi connectivity index (χ0v) is 14.9. The van der Waals surface area contributed by atoms with Crippen LogP contribution in [0.1, 0.15) is 24.5 Å². The fraction of sp³-hybridized carbons (Fsp3) is 0.263. The van der Waals surface area contributed by atoms with E-state index in [4.69, 9.17) is 20.9 Å². The molecule has 2 aromatic carbocycles. The van der Waals surface area contributed by atoms with Gasteiger partial charge in [-0.05, 0) is 42.3 Å². The number of fused-ring (bicyclic) bond motifs is 1. The van der Waals surface area contributed by atoms with E-state index in [1.807, 2.05) is 25.1 Å². The molecular weight excluding hydrogens is 351 g/mol. The highest BCUT2D eigenvalue weighted by Crippen LogP contribution is 2.27. The van der Waals surface area contributed by atoms with E-state index in [0.29, 0.717) is 30.0 Å². The van der Waals surface area contributed by atoms with Crippen LogP contribution in [0.25, 0.3) is 10.9 Å². The zero-order chi connectivity index (χ0) is 19.4. The highest BCUT2D eigenvalue weighted by Gasteiger charge is 2.15. The summed E-state index contributed by atoms with van der Waals surface area (Å²) in [5.41, 5.74) is 13.3. The molecule has 0 aliphatic carbocycles. The van der Waals surface area contributed by atoms with Crippen LogP contribution >= 0.6 is 0 Å². The molecule has 0 spiro atoms. The summed E-state index contributed by atoms with van der Waals surface area (Å²) in [4.78, 5) is 10.8. The van der Waals surface area contributed by atoms with Crippen molar-refractivity contribution in [2.24, 2.45) is 5.73 Å². The van der Waals surface area contributed by atoms with Crippen LogP contribution < -0.4 is 16.2 Å². The Morgan fingerprint density at radius 3 is 2.85 bits per heavy atom. The van der Waals surface area contributed by atoms with Gasteiger partial charge in [0.2, 0.25) is 0 Å². The van der Waals surface area contributed by atoms with Crippen LogP contribution in [0.4, 0.5) is 15.0 Å². The molecule has 1 unspecified atom stereocenters. The third kappa shape index (κ3) is 4.46. The molecule has 27 heavy (non-hydrogen) atoms. The van der Waals surface area contributed by atoms with Crippen LogP contribution in [0.15, 0.2) is 36.4 Å². The molecule has 1 amide bonds. The second-order valence-corrected chi connectivity index (χ2v) is 6.20. The highest BCUT2D eigenvalue weighted by molar-refractivity contribution is 5.89. The van der Waals surface area contributed by atoms with Gasteiger partial charge >= 0.3 is 6.09 Å². The number of nitrogens with zero attached hydrogens (tertiary/aromatic N) is 1. The lowest BCUT2D eigenvalue weighted by Gasteiger charge is -2.19. The number of rotatable bonds is 7. The Morgan fingerprint density at radius 2 is 2.11 bits per heavy atom. The summed E-state index contributed by atoms with van der Waals surface area (Å²) < 4.78 is 24.6. The summed E-state index contributed by atoms with van der Waals surface area (Å²) in [6.45, 7) is 1.92. The SMILES string of the molecule is CCC(COC(N)=O)Oc1ccc(F)cc1Cc1ccc2[nH]nc(N)c2c1. The molecule has 1 heterocycles. The maximum atomic E-state index is 13.8. The van der Waals surface area contributed by atoms with Gasteiger partial charge in [0, 0.05) is 17.4 Å². The number of nitrogen functional groups attached to an aromatic ring is 1. The Hall–Kier alpha value is -3.29. The number of hydrogen-bond donors (Lipinski definition) is 3. The van der Waals surface area contributed by atoms with Gasteiger partial charge in [-0.2, -0.15) is 5.10 Å². The predicted octanol–water partition coefficient (Wildman–Crippen LogP) is 3.13. The number of aromatic amines is 1. The van der Waals surface area contributed by atoms with E-state index in [2.05, 4.69) is 10.2 Å². The van der Waals surface area contributed by atoms with E-state index in [-0.39, 0.29) is 18.5 Å². The van der Waals surface area contributed by atoms with E-state index in [9.17, 15) is 9.18 Å². The van der Waals surface area contributed by atoms with Gasteiger partial charge in [0.15, 0.2) is 5.82 Å².